The van der Waals surface area contributed by atoms with Gasteiger partial charge >= 0.3 is 0 Å². The molecule has 27 heavy (non-hydrogen) atoms. The van der Waals surface area contributed by atoms with E-state index < -0.39 is 0 Å². The van der Waals surface area contributed by atoms with E-state index in [4.69, 9.17) is 11.6 Å². The van der Waals surface area contributed by atoms with Crippen molar-refractivity contribution in [3.8, 4) is 5.69 Å². The van der Waals surface area contributed by atoms with Crippen molar-refractivity contribution in [2.24, 2.45) is 0 Å². The van der Waals surface area contributed by atoms with E-state index in [1.165, 1.54) is 0 Å². The third-order valence-corrected chi connectivity index (χ3v) is 5.05. The molecule has 2 aromatic heterocycles. The fourth-order valence-electron chi connectivity index (χ4n) is 3.37. The van der Waals surface area contributed by atoms with E-state index in [9.17, 15) is 4.79 Å². The number of piperazine rings is 1. The van der Waals surface area contributed by atoms with Gasteiger partial charge in [0.15, 0.2) is 0 Å². The van der Waals surface area contributed by atoms with E-state index in [0.717, 1.165) is 17.8 Å². The first-order valence-electron chi connectivity index (χ1n) is 8.87. The summed E-state index contributed by atoms with van der Waals surface area (Å²) in [5.74, 6) is -0.0110. The van der Waals surface area contributed by atoms with E-state index in [0.29, 0.717) is 29.4 Å². The molecule has 6 nitrogen and oxygen atoms in total. The number of hydrogen-bond donors (Lipinski definition) is 1. The lowest BCUT2D eigenvalue weighted by atomic mass is 10.0. The highest BCUT2D eigenvalue weighted by Crippen LogP contribution is 2.25. The molecule has 0 spiro atoms. The minimum atomic E-state index is -0.0433. The molecule has 7 heteroatoms. The van der Waals surface area contributed by atoms with Crippen LogP contribution in [0.25, 0.3) is 5.69 Å². The second kappa shape index (κ2) is 7.50. The van der Waals surface area contributed by atoms with Gasteiger partial charge in [0.25, 0.3) is 5.91 Å². The molecule has 0 saturated carbocycles. The Hall–Kier alpha value is -2.70. The molecule has 4 rings (SSSR count). The fraction of sp³-hybridized carbons (Fsp3) is 0.250. The van der Waals surface area contributed by atoms with E-state index in [1.54, 1.807) is 17.1 Å². The first-order chi connectivity index (χ1) is 13.1. The maximum Gasteiger partial charge on any atom is 0.257 e. The number of aryl methyl sites for hydroxylation is 1. The fourth-order valence-corrected chi connectivity index (χ4v) is 3.50. The number of benzene rings is 1. The lowest BCUT2D eigenvalue weighted by Crippen LogP contribution is -2.48. The molecule has 3 aromatic rings. The SMILES string of the molecule is Cc1nn(-c2ccc(Cl)cc2)cc1C(=O)N1CCNCC1c1cccnc1. The predicted molar refractivity (Wildman–Crippen MR) is 104 cm³/mol. The zero-order chi connectivity index (χ0) is 18.8. The van der Waals surface area contributed by atoms with Crippen LogP contribution in [-0.4, -0.2) is 45.2 Å². The summed E-state index contributed by atoms with van der Waals surface area (Å²) in [6.45, 7) is 3.99. The van der Waals surface area contributed by atoms with Crippen LogP contribution >= 0.6 is 11.6 Å². The summed E-state index contributed by atoms with van der Waals surface area (Å²) in [7, 11) is 0. The summed E-state index contributed by atoms with van der Waals surface area (Å²) < 4.78 is 1.72. The molecule has 1 saturated heterocycles. The van der Waals surface area contributed by atoms with Crippen LogP contribution < -0.4 is 5.32 Å². The zero-order valence-electron chi connectivity index (χ0n) is 15.0. The van der Waals surface area contributed by atoms with E-state index in [-0.39, 0.29) is 11.9 Å². The van der Waals surface area contributed by atoms with Crippen molar-refractivity contribution in [1.82, 2.24) is 25.0 Å². The van der Waals surface area contributed by atoms with Gasteiger partial charge in [0.2, 0.25) is 0 Å². The minimum absolute atomic E-state index is 0.0110. The number of nitrogens with zero attached hydrogens (tertiary/aromatic N) is 4. The quantitative estimate of drug-likeness (QED) is 0.757. The lowest BCUT2D eigenvalue weighted by Gasteiger charge is -2.36. The third-order valence-electron chi connectivity index (χ3n) is 4.79. The molecule has 138 valence electrons. The standard InChI is InChI=1S/C20H20ClN5O/c1-14-18(13-26(24-14)17-6-4-16(21)5-7-17)20(27)25-10-9-23-12-19(25)15-3-2-8-22-11-15/h2-8,11,13,19,23H,9-10,12H2,1H3. The normalized spacial score (nSPS) is 17.1. The molecule has 0 bridgehead atoms. The Morgan fingerprint density at radius 2 is 2.07 bits per heavy atom. The Bertz CT molecular complexity index is 939. The molecule has 0 aliphatic carbocycles. The zero-order valence-corrected chi connectivity index (χ0v) is 15.7. The molecule has 3 heterocycles. The second-order valence-corrected chi connectivity index (χ2v) is 6.99. The van der Waals surface area contributed by atoms with Crippen molar-refractivity contribution in [2.75, 3.05) is 19.6 Å². The van der Waals surface area contributed by atoms with Crippen LogP contribution in [0.2, 0.25) is 5.02 Å². The monoisotopic (exact) mass is 381 g/mol. The Morgan fingerprint density at radius 1 is 1.26 bits per heavy atom. The molecule has 1 aliphatic rings. The molecular weight excluding hydrogens is 362 g/mol. The van der Waals surface area contributed by atoms with Gasteiger partial charge < -0.3 is 10.2 Å². The summed E-state index contributed by atoms with van der Waals surface area (Å²) in [6, 6.07) is 11.2. The average Bonchev–Trinajstić information content (AvgIpc) is 3.10. The first-order valence-corrected chi connectivity index (χ1v) is 9.25. The van der Waals surface area contributed by atoms with Crippen molar-refractivity contribution in [3.63, 3.8) is 0 Å². The van der Waals surface area contributed by atoms with Crippen molar-refractivity contribution in [1.29, 1.82) is 0 Å². The molecule has 1 unspecified atom stereocenters. The van der Waals surface area contributed by atoms with Gasteiger partial charge in [-0.1, -0.05) is 17.7 Å². The van der Waals surface area contributed by atoms with E-state index >= 15 is 0 Å². The van der Waals surface area contributed by atoms with Gasteiger partial charge in [-0.25, -0.2) is 4.68 Å². The summed E-state index contributed by atoms with van der Waals surface area (Å²) >= 11 is 5.96. The molecule has 1 N–H and O–H groups in total. The average molecular weight is 382 g/mol. The number of pyridine rings is 1. The van der Waals surface area contributed by atoms with Crippen LogP contribution in [0.15, 0.2) is 55.0 Å². The number of amides is 1. The molecule has 0 radical (unpaired) electrons. The van der Waals surface area contributed by atoms with Gasteiger partial charge in [-0.05, 0) is 42.8 Å². The Labute approximate surface area is 162 Å². The number of hydrogen-bond acceptors (Lipinski definition) is 4. The molecule has 1 amide bonds. The topological polar surface area (TPSA) is 63.1 Å². The smallest absolute Gasteiger partial charge is 0.257 e. The van der Waals surface area contributed by atoms with Crippen molar-refractivity contribution in [3.05, 3.63) is 76.8 Å². The first kappa shape index (κ1) is 17.7. The lowest BCUT2D eigenvalue weighted by molar-refractivity contribution is 0.0633. The van der Waals surface area contributed by atoms with Crippen LogP contribution in [0.5, 0.6) is 0 Å². The van der Waals surface area contributed by atoms with Gasteiger partial charge in [0.1, 0.15) is 0 Å². The summed E-state index contributed by atoms with van der Waals surface area (Å²) in [5, 5.41) is 8.55. The summed E-state index contributed by atoms with van der Waals surface area (Å²) in [4.78, 5) is 19.4. The minimum Gasteiger partial charge on any atom is -0.329 e. The van der Waals surface area contributed by atoms with E-state index in [1.807, 2.05) is 54.4 Å². The van der Waals surface area contributed by atoms with Gasteiger partial charge in [-0.2, -0.15) is 5.10 Å². The number of rotatable bonds is 3. The highest BCUT2D eigenvalue weighted by molar-refractivity contribution is 6.30. The number of halogens is 1. The van der Waals surface area contributed by atoms with Crippen molar-refractivity contribution >= 4 is 17.5 Å². The van der Waals surface area contributed by atoms with Crippen molar-refractivity contribution in [2.45, 2.75) is 13.0 Å². The Morgan fingerprint density at radius 3 is 2.81 bits per heavy atom. The van der Waals surface area contributed by atoms with Gasteiger partial charge in [0, 0.05) is 43.2 Å². The highest BCUT2D eigenvalue weighted by atomic mass is 35.5. The second-order valence-electron chi connectivity index (χ2n) is 6.55. The Kier molecular flexibility index (Phi) is 4.92. The number of aromatic nitrogens is 3. The van der Waals surface area contributed by atoms with E-state index in [2.05, 4.69) is 15.4 Å². The Balaban J connectivity index is 1.64. The molecule has 1 fully saturated rings. The maximum atomic E-state index is 13.3. The van der Waals surface area contributed by atoms with Crippen molar-refractivity contribution < 1.29 is 4.79 Å². The van der Waals surface area contributed by atoms with Crippen LogP contribution in [0.1, 0.15) is 27.7 Å². The number of nitrogens with one attached hydrogen (secondary N) is 1. The largest absolute Gasteiger partial charge is 0.329 e. The summed E-state index contributed by atoms with van der Waals surface area (Å²) in [6.07, 6.45) is 5.36. The molecular formula is C20H20ClN5O. The predicted octanol–water partition coefficient (Wildman–Crippen LogP) is 3.02. The highest BCUT2D eigenvalue weighted by Gasteiger charge is 2.30. The maximum absolute atomic E-state index is 13.3. The van der Waals surface area contributed by atoms with Crippen LogP contribution in [0.3, 0.4) is 0 Å². The molecule has 1 aliphatic heterocycles. The third kappa shape index (κ3) is 3.59. The number of carbonyl (C=O) groups is 1. The van der Waals surface area contributed by atoms with Crippen LogP contribution in [0, 0.1) is 6.92 Å². The number of carbonyl (C=O) groups excluding carboxylic acids is 1. The summed E-state index contributed by atoms with van der Waals surface area (Å²) in [5.41, 5.74) is 3.21. The van der Waals surface area contributed by atoms with Gasteiger partial charge in [-0.3, -0.25) is 9.78 Å². The van der Waals surface area contributed by atoms with Crippen LogP contribution in [-0.2, 0) is 0 Å². The van der Waals surface area contributed by atoms with Gasteiger partial charge in [-0.15, -0.1) is 0 Å². The molecule has 1 atom stereocenters. The van der Waals surface area contributed by atoms with Gasteiger partial charge in [0.05, 0.1) is 23.0 Å². The van der Waals surface area contributed by atoms with Crippen LogP contribution in [0.4, 0.5) is 0 Å². The molecule has 1 aromatic carbocycles.